The summed E-state index contributed by atoms with van der Waals surface area (Å²) in [4.78, 5) is 4.94. The van der Waals surface area contributed by atoms with Crippen molar-refractivity contribution in [3.8, 4) is 11.3 Å². The molecule has 1 aliphatic rings. The summed E-state index contributed by atoms with van der Waals surface area (Å²) in [6, 6.07) is 8.89. The van der Waals surface area contributed by atoms with Crippen LogP contribution in [0.15, 0.2) is 30.5 Å². The van der Waals surface area contributed by atoms with Crippen molar-refractivity contribution in [2.75, 3.05) is 0 Å². The zero-order valence-corrected chi connectivity index (χ0v) is 15.7. The monoisotopic (exact) mass is 331 g/mol. The minimum Gasteiger partial charge on any atom is -0.299 e. The maximum absolute atomic E-state index is 4.94. The number of fused-ring (bicyclic) bond motifs is 5. The molecule has 0 spiro atoms. The van der Waals surface area contributed by atoms with Crippen LogP contribution in [-0.4, -0.2) is 14.0 Å². The van der Waals surface area contributed by atoms with E-state index in [1.165, 1.54) is 39.1 Å². The van der Waals surface area contributed by atoms with Gasteiger partial charge in [0.1, 0.15) is 7.05 Å². The number of aromatic nitrogens is 4. The van der Waals surface area contributed by atoms with E-state index in [4.69, 9.17) is 4.98 Å². The van der Waals surface area contributed by atoms with Crippen molar-refractivity contribution in [3.05, 3.63) is 53.0 Å². The van der Waals surface area contributed by atoms with Crippen LogP contribution in [0.25, 0.3) is 28.1 Å². The molecular formula is C21H23N4+. The van der Waals surface area contributed by atoms with Gasteiger partial charge in [0.25, 0.3) is 0 Å². The predicted octanol–water partition coefficient (Wildman–Crippen LogP) is 3.80. The summed E-state index contributed by atoms with van der Waals surface area (Å²) in [5, 5.41) is 0. The van der Waals surface area contributed by atoms with Gasteiger partial charge in [0.05, 0.1) is 33.4 Å². The first-order valence-electron chi connectivity index (χ1n) is 8.83. The average Bonchev–Trinajstić information content (AvgIpc) is 3.02. The Hall–Kier alpha value is -2.62. The summed E-state index contributed by atoms with van der Waals surface area (Å²) in [5.41, 5.74) is 10.0. The molecule has 0 fully saturated rings. The van der Waals surface area contributed by atoms with E-state index in [0.29, 0.717) is 0 Å². The Morgan fingerprint density at radius 1 is 1.08 bits per heavy atom. The van der Waals surface area contributed by atoms with Crippen LogP contribution >= 0.6 is 0 Å². The first kappa shape index (κ1) is 14.7. The molecule has 0 N–H and O–H groups in total. The lowest BCUT2D eigenvalue weighted by Gasteiger charge is -2.33. The Morgan fingerprint density at radius 2 is 1.84 bits per heavy atom. The van der Waals surface area contributed by atoms with E-state index >= 15 is 0 Å². The van der Waals surface area contributed by atoms with Gasteiger partial charge < -0.3 is 0 Å². The molecule has 0 unspecified atom stereocenters. The number of rotatable bonds is 0. The highest BCUT2D eigenvalue weighted by molar-refractivity contribution is 5.98. The standard InChI is InChI=1S/C21H23N4/c1-12-9-10-16-19-17(12)18-15(8-7-11-23(18)6)21(4,5)25(19)20-22-13(2)14(3)24(16)20/h7-11H,1-6H3/q+1. The van der Waals surface area contributed by atoms with Crippen LogP contribution < -0.4 is 4.57 Å². The molecule has 0 radical (unpaired) electrons. The molecule has 0 saturated carbocycles. The molecule has 25 heavy (non-hydrogen) atoms. The number of hydrogen-bond acceptors (Lipinski definition) is 1. The second kappa shape index (κ2) is 4.31. The topological polar surface area (TPSA) is 26.1 Å². The first-order valence-corrected chi connectivity index (χ1v) is 8.83. The SMILES string of the molecule is Cc1ccc2c3c1-c1c(ccc[n+]1C)C(C)(C)n3c1nc(C)c(C)n21. The van der Waals surface area contributed by atoms with Crippen molar-refractivity contribution < 1.29 is 4.57 Å². The van der Waals surface area contributed by atoms with Gasteiger partial charge in [-0.15, -0.1) is 0 Å². The lowest BCUT2D eigenvalue weighted by molar-refractivity contribution is -0.661. The molecule has 0 saturated heterocycles. The molecule has 3 aromatic heterocycles. The van der Waals surface area contributed by atoms with E-state index in [9.17, 15) is 0 Å². The van der Waals surface area contributed by atoms with Gasteiger partial charge in [0.2, 0.25) is 11.5 Å². The van der Waals surface area contributed by atoms with E-state index in [1.54, 1.807) is 0 Å². The summed E-state index contributed by atoms with van der Waals surface area (Å²) in [6.45, 7) is 11.1. The lowest BCUT2D eigenvalue weighted by Crippen LogP contribution is -2.40. The highest BCUT2D eigenvalue weighted by Crippen LogP contribution is 2.46. The Labute approximate surface area is 147 Å². The molecule has 4 heterocycles. The fourth-order valence-corrected chi connectivity index (χ4v) is 4.58. The number of imidazole rings is 2. The maximum atomic E-state index is 4.94. The average molecular weight is 331 g/mol. The Morgan fingerprint density at radius 3 is 2.60 bits per heavy atom. The second-order valence-corrected chi connectivity index (χ2v) is 7.82. The second-order valence-electron chi connectivity index (χ2n) is 7.82. The Kier molecular flexibility index (Phi) is 2.54. The van der Waals surface area contributed by atoms with E-state index in [1.807, 2.05) is 0 Å². The largest absolute Gasteiger partial charge is 0.299 e. The molecule has 0 amide bonds. The summed E-state index contributed by atoms with van der Waals surface area (Å²) in [7, 11) is 2.15. The highest BCUT2D eigenvalue weighted by Gasteiger charge is 2.41. The zero-order valence-electron chi connectivity index (χ0n) is 15.7. The molecule has 5 rings (SSSR count). The molecule has 126 valence electrons. The Bertz CT molecular complexity index is 1200. The van der Waals surface area contributed by atoms with Gasteiger partial charge >= 0.3 is 0 Å². The van der Waals surface area contributed by atoms with E-state index in [0.717, 1.165) is 11.5 Å². The van der Waals surface area contributed by atoms with E-state index in [-0.39, 0.29) is 5.54 Å². The lowest BCUT2D eigenvalue weighted by atomic mass is 9.84. The van der Waals surface area contributed by atoms with Gasteiger partial charge in [-0.2, -0.15) is 0 Å². The predicted molar refractivity (Wildman–Crippen MR) is 99.9 cm³/mol. The van der Waals surface area contributed by atoms with Crippen LogP contribution in [0.1, 0.15) is 36.4 Å². The minimum absolute atomic E-state index is 0.164. The maximum Gasteiger partial charge on any atom is 0.220 e. The molecule has 0 aliphatic carbocycles. The van der Waals surface area contributed by atoms with Gasteiger partial charge in [0, 0.05) is 11.8 Å². The normalized spacial score (nSPS) is 15.1. The van der Waals surface area contributed by atoms with Crippen LogP contribution in [0, 0.1) is 20.8 Å². The molecule has 4 nitrogen and oxygen atoms in total. The molecule has 1 aliphatic heterocycles. The molecule has 1 aromatic carbocycles. The van der Waals surface area contributed by atoms with Crippen molar-refractivity contribution in [1.82, 2.24) is 14.0 Å². The number of nitrogens with zero attached hydrogens (tertiary/aromatic N) is 4. The van der Waals surface area contributed by atoms with Crippen molar-refractivity contribution in [2.45, 2.75) is 40.2 Å². The quantitative estimate of drug-likeness (QED) is 0.450. The Balaban J connectivity index is 2.15. The van der Waals surface area contributed by atoms with Crippen LogP contribution in [-0.2, 0) is 12.6 Å². The van der Waals surface area contributed by atoms with Gasteiger partial charge in [0.15, 0.2) is 6.20 Å². The number of hydrogen-bond donors (Lipinski definition) is 0. The molecular weight excluding hydrogens is 308 g/mol. The van der Waals surface area contributed by atoms with Gasteiger partial charge in [-0.05, 0) is 52.3 Å². The number of pyridine rings is 1. The fourth-order valence-electron chi connectivity index (χ4n) is 4.58. The molecule has 4 heteroatoms. The summed E-state index contributed by atoms with van der Waals surface area (Å²) in [5.74, 6) is 1.04. The summed E-state index contributed by atoms with van der Waals surface area (Å²) < 4.78 is 7.02. The summed E-state index contributed by atoms with van der Waals surface area (Å²) >= 11 is 0. The van der Waals surface area contributed by atoms with Crippen LogP contribution in [0.2, 0.25) is 0 Å². The van der Waals surface area contributed by atoms with Gasteiger partial charge in [-0.1, -0.05) is 6.07 Å². The van der Waals surface area contributed by atoms with Crippen molar-refractivity contribution in [3.63, 3.8) is 0 Å². The third kappa shape index (κ3) is 1.53. The third-order valence-corrected chi connectivity index (χ3v) is 5.99. The zero-order chi connectivity index (χ0) is 17.7. The fraction of sp³-hybridized carbons (Fsp3) is 0.333. The van der Waals surface area contributed by atoms with E-state index < -0.39 is 0 Å². The van der Waals surface area contributed by atoms with Crippen molar-refractivity contribution in [1.29, 1.82) is 0 Å². The summed E-state index contributed by atoms with van der Waals surface area (Å²) in [6.07, 6.45) is 2.15. The first-order chi connectivity index (χ1) is 11.8. The number of aryl methyl sites for hydroxylation is 4. The molecule has 0 bridgehead atoms. The van der Waals surface area contributed by atoms with Gasteiger partial charge in [-0.3, -0.25) is 8.97 Å². The van der Waals surface area contributed by atoms with E-state index in [2.05, 4.69) is 85.7 Å². The molecule has 4 aromatic rings. The minimum atomic E-state index is -0.164. The van der Waals surface area contributed by atoms with Crippen LogP contribution in [0.5, 0.6) is 0 Å². The number of benzene rings is 1. The van der Waals surface area contributed by atoms with Crippen molar-refractivity contribution in [2.24, 2.45) is 7.05 Å². The third-order valence-electron chi connectivity index (χ3n) is 5.99. The highest BCUT2D eigenvalue weighted by atomic mass is 15.3. The van der Waals surface area contributed by atoms with Gasteiger partial charge in [-0.25, -0.2) is 9.55 Å². The van der Waals surface area contributed by atoms with Crippen LogP contribution in [0.4, 0.5) is 0 Å². The smallest absolute Gasteiger partial charge is 0.220 e. The van der Waals surface area contributed by atoms with Crippen molar-refractivity contribution >= 4 is 16.8 Å². The van der Waals surface area contributed by atoms with Crippen LogP contribution in [0.3, 0.4) is 0 Å². The molecule has 0 atom stereocenters.